The monoisotopic (exact) mass is 317 g/mol. The van der Waals surface area contributed by atoms with Crippen LogP contribution in [0, 0.1) is 0 Å². The molecule has 3 N–H and O–H groups in total. The second-order valence-corrected chi connectivity index (χ2v) is 5.07. The third kappa shape index (κ3) is 2.10. The highest BCUT2D eigenvalue weighted by Gasteiger charge is 2.75. The van der Waals surface area contributed by atoms with Crippen LogP contribution in [0.3, 0.4) is 0 Å². The first kappa shape index (κ1) is 17.7. The van der Waals surface area contributed by atoms with Crippen LogP contribution in [0.15, 0.2) is 4.99 Å². The lowest BCUT2D eigenvalue weighted by Crippen LogP contribution is -2.83. The van der Waals surface area contributed by atoms with E-state index in [1.165, 1.54) is 0 Å². The number of thiocarbonyl (C=S) groups is 1. The van der Waals surface area contributed by atoms with Gasteiger partial charge in [-0.2, -0.15) is 4.99 Å². The van der Waals surface area contributed by atoms with E-state index < -0.39 is 47.0 Å². The molecule has 0 aliphatic carbocycles. The zero-order valence-electron chi connectivity index (χ0n) is 11.6. The normalized spacial score (nSPS) is 39.2. The Kier molecular flexibility index (Phi) is 4.59. The zero-order chi connectivity index (χ0) is 16.6. The quantitative estimate of drug-likeness (QED) is 0.417. The third-order valence-electron chi connectivity index (χ3n) is 3.76. The Morgan fingerprint density at radius 3 is 2.00 bits per heavy atom. The minimum atomic E-state index is -3.13. The molecule has 0 bridgehead atoms. The summed E-state index contributed by atoms with van der Waals surface area (Å²) in [6.45, 7) is 1.72. The molecule has 0 aromatic carbocycles. The number of carbonyl (C=O) groups excluding carboxylic acids is 3. The summed E-state index contributed by atoms with van der Waals surface area (Å²) in [5.41, 5.74) is -8.91. The van der Waals surface area contributed by atoms with E-state index in [-0.39, 0.29) is 0 Å². The molecule has 0 aromatic heterocycles. The average molecular weight is 317 g/mol. The number of ether oxygens (including phenoxy) is 1. The summed E-state index contributed by atoms with van der Waals surface area (Å²) >= 11 is 4.36. The summed E-state index contributed by atoms with van der Waals surface area (Å²) in [5.74, 6) is -3.37. The highest BCUT2D eigenvalue weighted by atomic mass is 32.1. The number of rotatable bonds is 4. The van der Waals surface area contributed by atoms with E-state index in [0.717, 1.165) is 20.8 Å². The van der Waals surface area contributed by atoms with Crippen molar-refractivity contribution in [3.63, 3.8) is 0 Å². The first-order valence-corrected chi connectivity index (χ1v) is 6.29. The fourth-order valence-corrected chi connectivity index (χ4v) is 2.54. The van der Waals surface area contributed by atoms with Crippen molar-refractivity contribution < 1.29 is 34.4 Å². The number of nitrogens with zero attached hydrogens (tertiary/aromatic N) is 1. The number of aliphatic imine (C=N–C) groups is 1. The maximum atomic E-state index is 11.9. The summed E-state index contributed by atoms with van der Waals surface area (Å²) in [5, 5.41) is 33.4. The topological polar surface area (TPSA) is 133 Å². The molecule has 1 heterocycles. The van der Waals surface area contributed by atoms with Gasteiger partial charge < -0.3 is 20.1 Å². The fraction of sp³-hybridized carbons (Fsp3) is 0.667. The molecule has 1 saturated heterocycles. The number of ketones is 3. The highest BCUT2D eigenvalue weighted by molar-refractivity contribution is 7.78. The van der Waals surface area contributed by atoms with Gasteiger partial charge in [0.15, 0.2) is 29.2 Å². The average Bonchev–Trinajstić information content (AvgIpc) is 2.38. The smallest absolute Gasteiger partial charge is 0.209 e. The van der Waals surface area contributed by atoms with Gasteiger partial charge in [0, 0.05) is 0 Å². The number of hydrogen-bond acceptors (Lipinski definition) is 9. The van der Waals surface area contributed by atoms with Crippen LogP contribution in [0.2, 0.25) is 0 Å². The number of hydrogen-bond donors (Lipinski definition) is 3. The molecule has 1 rings (SSSR count). The van der Waals surface area contributed by atoms with Gasteiger partial charge in [-0.3, -0.25) is 14.4 Å². The molecule has 4 atom stereocenters. The van der Waals surface area contributed by atoms with E-state index in [4.69, 9.17) is 4.74 Å². The van der Waals surface area contributed by atoms with E-state index >= 15 is 0 Å². The van der Waals surface area contributed by atoms with Crippen molar-refractivity contribution in [3.8, 4) is 0 Å². The second kappa shape index (κ2) is 5.45. The second-order valence-electron chi connectivity index (χ2n) is 4.89. The molecule has 1 aliphatic heterocycles. The predicted octanol–water partition coefficient (Wildman–Crippen LogP) is -1.59. The molecular weight excluding hydrogens is 302 g/mol. The lowest BCUT2D eigenvalue weighted by molar-refractivity contribution is -0.293. The van der Waals surface area contributed by atoms with Crippen LogP contribution in [0.1, 0.15) is 20.8 Å². The van der Waals surface area contributed by atoms with Crippen molar-refractivity contribution in [3.05, 3.63) is 0 Å². The van der Waals surface area contributed by atoms with Crippen LogP contribution in [-0.4, -0.2) is 67.5 Å². The van der Waals surface area contributed by atoms with Crippen LogP contribution in [0.4, 0.5) is 0 Å². The molecular formula is C12H15NO7S. The molecule has 1 aliphatic rings. The van der Waals surface area contributed by atoms with E-state index in [9.17, 15) is 29.7 Å². The molecule has 1 fully saturated rings. The Hall–Kier alpha value is -1.35. The molecule has 0 saturated carbocycles. The number of isothiocyanates is 1. The molecule has 21 heavy (non-hydrogen) atoms. The van der Waals surface area contributed by atoms with Crippen LogP contribution >= 0.6 is 12.2 Å². The zero-order valence-corrected chi connectivity index (χ0v) is 12.4. The van der Waals surface area contributed by atoms with Gasteiger partial charge in [-0.1, -0.05) is 0 Å². The van der Waals surface area contributed by atoms with Gasteiger partial charge in [0.05, 0.1) is 11.8 Å². The lowest BCUT2D eigenvalue weighted by Gasteiger charge is -2.53. The Labute approximate surface area is 125 Å². The number of aliphatic hydroxyl groups is 3. The van der Waals surface area contributed by atoms with Crippen molar-refractivity contribution in [1.82, 2.24) is 0 Å². The fourth-order valence-electron chi connectivity index (χ4n) is 2.44. The van der Waals surface area contributed by atoms with Gasteiger partial charge in [0.2, 0.25) is 11.2 Å². The van der Waals surface area contributed by atoms with Crippen LogP contribution in [-0.2, 0) is 19.1 Å². The van der Waals surface area contributed by atoms with Crippen molar-refractivity contribution in [2.45, 2.75) is 43.8 Å². The summed E-state index contributed by atoms with van der Waals surface area (Å²) in [4.78, 5) is 38.8. The van der Waals surface area contributed by atoms with E-state index in [1.54, 1.807) is 0 Å². The van der Waals surface area contributed by atoms with Crippen molar-refractivity contribution in [2.75, 3.05) is 6.61 Å². The van der Waals surface area contributed by atoms with Gasteiger partial charge in [-0.15, -0.1) is 0 Å². The largest absolute Gasteiger partial charge is 0.376 e. The van der Waals surface area contributed by atoms with E-state index in [1.807, 2.05) is 5.16 Å². The van der Waals surface area contributed by atoms with Crippen molar-refractivity contribution in [1.29, 1.82) is 0 Å². The van der Waals surface area contributed by atoms with Gasteiger partial charge in [0.1, 0.15) is 0 Å². The molecule has 0 spiro atoms. The maximum Gasteiger partial charge on any atom is 0.209 e. The lowest BCUT2D eigenvalue weighted by atomic mass is 9.63. The van der Waals surface area contributed by atoms with E-state index in [2.05, 4.69) is 17.2 Å². The Morgan fingerprint density at radius 2 is 1.67 bits per heavy atom. The standard InChI is InChI=1S/C12H15NO7S/c1-6(14)10(17)4-20-9(13-5-21)11(18,7(2)15)12(10,19)8(3)16/h9,17-19H,4H2,1-3H3/t9?,10-,11-,12-/m0/s1. The number of Topliss-reactive ketones (excluding diaryl/α,β-unsaturated/α-hetero) is 3. The van der Waals surface area contributed by atoms with Crippen molar-refractivity contribution >= 4 is 34.7 Å². The molecule has 0 aromatic rings. The minimum Gasteiger partial charge on any atom is -0.376 e. The Bertz CT molecular complexity index is 558. The van der Waals surface area contributed by atoms with Gasteiger partial charge in [-0.05, 0) is 33.0 Å². The maximum absolute atomic E-state index is 11.9. The van der Waals surface area contributed by atoms with Crippen LogP contribution in [0.25, 0.3) is 0 Å². The Balaban J connectivity index is 3.74. The van der Waals surface area contributed by atoms with Crippen LogP contribution < -0.4 is 0 Å². The van der Waals surface area contributed by atoms with Gasteiger partial charge in [0.25, 0.3) is 0 Å². The molecule has 0 radical (unpaired) electrons. The molecule has 116 valence electrons. The van der Waals surface area contributed by atoms with Crippen molar-refractivity contribution in [2.24, 2.45) is 4.99 Å². The summed E-state index contributed by atoms with van der Waals surface area (Å²) in [6, 6.07) is 0. The van der Waals surface area contributed by atoms with Gasteiger partial charge >= 0.3 is 0 Å². The number of carbonyl (C=O) groups is 3. The summed E-state index contributed by atoms with van der Waals surface area (Å²) < 4.78 is 4.97. The summed E-state index contributed by atoms with van der Waals surface area (Å²) in [7, 11) is 0. The molecule has 9 heteroatoms. The highest BCUT2D eigenvalue weighted by Crippen LogP contribution is 2.43. The third-order valence-corrected chi connectivity index (χ3v) is 3.86. The first-order chi connectivity index (χ1) is 9.50. The molecule has 1 unspecified atom stereocenters. The van der Waals surface area contributed by atoms with Gasteiger partial charge in [-0.25, -0.2) is 0 Å². The summed E-state index contributed by atoms with van der Waals surface area (Å²) in [6.07, 6.45) is -1.78. The SMILES string of the molecule is CC(=O)[C@]1(O)[C@@](O)(C(C)=O)COC(N=C=S)[C@@]1(O)C(C)=O. The molecule has 8 nitrogen and oxygen atoms in total. The Morgan fingerprint density at radius 1 is 1.14 bits per heavy atom. The first-order valence-electron chi connectivity index (χ1n) is 5.89. The van der Waals surface area contributed by atoms with Crippen LogP contribution in [0.5, 0.6) is 0 Å². The minimum absolute atomic E-state index is 0.825. The van der Waals surface area contributed by atoms with E-state index in [0.29, 0.717) is 0 Å². The molecule has 0 amide bonds. The predicted molar refractivity (Wildman–Crippen MR) is 71.7 cm³/mol.